The van der Waals surface area contributed by atoms with Crippen LogP contribution in [0.2, 0.25) is 0 Å². The van der Waals surface area contributed by atoms with Gasteiger partial charge in [0.1, 0.15) is 18.4 Å². The van der Waals surface area contributed by atoms with Crippen LogP contribution in [-0.4, -0.2) is 48.8 Å². The van der Waals surface area contributed by atoms with E-state index >= 15 is 0 Å². The Bertz CT molecular complexity index is 705. The number of aromatic amines is 1. The van der Waals surface area contributed by atoms with E-state index in [-0.39, 0.29) is 0 Å². The maximum atomic E-state index is 11.8. The zero-order chi connectivity index (χ0) is 15.8. The Hall–Kier alpha value is -1.70. The Morgan fingerprint density at radius 2 is 2.33 bits per heavy atom. The van der Waals surface area contributed by atoms with E-state index in [9.17, 15) is 19.8 Å². The van der Waals surface area contributed by atoms with Gasteiger partial charge in [-0.25, -0.2) is 4.79 Å². The van der Waals surface area contributed by atoms with Crippen molar-refractivity contribution in [3.8, 4) is 11.3 Å². The SMILES string of the molecule is C[C@@H](O)[C@H]1O[C@@H](n2ncc(=O)[nH]c2=O)C(N)(C#CCl)[C@H]1O. The number of nitrogens with zero attached hydrogens (tertiary/aromatic N) is 2. The molecule has 10 heteroatoms. The number of H-pyrrole nitrogens is 1. The average molecular weight is 317 g/mol. The normalized spacial score (nSPS) is 33.3. The lowest BCUT2D eigenvalue weighted by Gasteiger charge is -2.26. The van der Waals surface area contributed by atoms with Gasteiger partial charge in [0, 0.05) is 5.38 Å². The Morgan fingerprint density at radius 1 is 1.67 bits per heavy atom. The fourth-order valence-corrected chi connectivity index (χ4v) is 2.30. The van der Waals surface area contributed by atoms with Crippen molar-refractivity contribution in [2.75, 3.05) is 0 Å². The summed E-state index contributed by atoms with van der Waals surface area (Å²) >= 11 is 5.35. The highest BCUT2D eigenvalue weighted by Gasteiger charge is 2.56. The maximum Gasteiger partial charge on any atom is 0.347 e. The van der Waals surface area contributed by atoms with Crippen molar-refractivity contribution in [3.63, 3.8) is 0 Å². The van der Waals surface area contributed by atoms with Gasteiger partial charge in [-0.1, -0.05) is 5.92 Å². The van der Waals surface area contributed by atoms with E-state index in [0.717, 1.165) is 10.9 Å². The lowest BCUT2D eigenvalue weighted by molar-refractivity contribution is -0.0817. The number of nitrogens with one attached hydrogen (secondary N) is 1. The van der Waals surface area contributed by atoms with E-state index in [1.807, 2.05) is 10.4 Å². The van der Waals surface area contributed by atoms with Crippen molar-refractivity contribution in [2.24, 2.45) is 5.73 Å². The van der Waals surface area contributed by atoms with Crippen molar-refractivity contribution in [3.05, 3.63) is 27.0 Å². The predicted octanol–water partition coefficient (Wildman–Crippen LogP) is -2.53. The molecule has 0 bridgehead atoms. The molecule has 1 aromatic rings. The fraction of sp³-hybridized carbons (Fsp3) is 0.545. The molecule has 0 spiro atoms. The van der Waals surface area contributed by atoms with Gasteiger partial charge in [-0.15, -0.1) is 0 Å². The summed E-state index contributed by atoms with van der Waals surface area (Å²) in [4.78, 5) is 24.8. The topological polar surface area (TPSA) is 143 Å². The molecule has 0 aromatic carbocycles. The number of rotatable bonds is 2. The van der Waals surface area contributed by atoms with Gasteiger partial charge in [-0.05, 0) is 18.5 Å². The van der Waals surface area contributed by atoms with Gasteiger partial charge in [-0.3, -0.25) is 9.78 Å². The summed E-state index contributed by atoms with van der Waals surface area (Å²) < 4.78 is 6.13. The average Bonchev–Trinajstić information content (AvgIpc) is 2.64. The van der Waals surface area contributed by atoms with E-state index < -0.39 is 41.3 Å². The van der Waals surface area contributed by atoms with Crippen LogP contribution >= 0.6 is 11.6 Å². The van der Waals surface area contributed by atoms with Crippen molar-refractivity contribution in [2.45, 2.75) is 37.0 Å². The van der Waals surface area contributed by atoms with Gasteiger partial charge in [0.15, 0.2) is 11.8 Å². The first kappa shape index (κ1) is 15.7. The zero-order valence-electron chi connectivity index (χ0n) is 10.9. The number of aliphatic hydroxyl groups is 2. The lowest BCUT2D eigenvalue weighted by atomic mass is 9.90. The molecule has 0 aliphatic carbocycles. The van der Waals surface area contributed by atoms with Crippen molar-refractivity contribution in [1.82, 2.24) is 14.8 Å². The molecular formula is C11H13ClN4O5. The van der Waals surface area contributed by atoms with Gasteiger partial charge >= 0.3 is 5.69 Å². The molecule has 5 N–H and O–H groups in total. The molecule has 21 heavy (non-hydrogen) atoms. The summed E-state index contributed by atoms with van der Waals surface area (Å²) in [7, 11) is 0. The third-order valence-electron chi connectivity index (χ3n) is 3.19. The molecule has 5 atom stereocenters. The summed E-state index contributed by atoms with van der Waals surface area (Å²) in [6, 6.07) is 0. The fourth-order valence-electron chi connectivity index (χ4n) is 2.14. The largest absolute Gasteiger partial charge is 0.391 e. The molecular weight excluding hydrogens is 304 g/mol. The van der Waals surface area contributed by atoms with Crippen molar-refractivity contribution < 1.29 is 14.9 Å². The number of hydrogen-bond donors (Lipinski definition) is 4. The molecule has 0 saturated carbocycles. The molecule has 9 nitrogen and oxygen atoms in total. The minimum absolute atomic E-state index is 0.701. The minimum Gasteiger partial charge on any atom is -0.391 e. The van der Waals surface area contributed by atoms with E-state index in [1.165, 1.54) is 6.92 Å². The van der Waals surface area contributed by atoms with E-state index in [1.54, 1.807) is 0 Å². The summed E-state index contributed by atoms with van der Waals surface area (Å²) in [5.41, 5.74) is 2.62. The second kappa shape index (κ2) is 5.59. The third kappa shape index (κ3) is 2.59. The van der Waals surface area contributed by atoms with Crippen LogP contribution in [0, 0.1) is 11.3 Å². The predicted molar refractivity (Wildman–Crippen MR) is 71.3 cm³/mol. The highest BCUT2D eigenvalue weighted by Crippen LogP contribution is 2.36. The molecule has 1 saturated heterocycles. The minimum atomic E-state index is -1.78. The van der Waals surface area contributed by atoms with Gasteiger partial charge in [-0.2, -0.15) is 9.78 Å². The molecule has 1 aromatic heterocycles. The van der Waals surface area contributed by atoms with Crippen LogP contribution in [0.4, 0.5) is 0 Å². The summed E-state index contributed by atoms with van der Waals surface area (Å²) in [6.45, 7) is 1.38. The van der Waals surface area contributed by atoms with Crippen LogP contribution in [0.1, 0.15) is 13.2 Å². The molecule has 0 amide bonds. The number of ether oxygens (including phenoxy) is 1. The van der Waals surface area contributed by atoms with Crippen LogP contribution in [0.5, 0.6) is 0 Å². The summed E-state index contributed by atoms with van der Waals surface area (Å²) in [5.74, 6) is 2.36. The third-order valence-corrected chi connectivity index (χ3v) is 3.29. The van der Waals surface area contributed by atoms with Crippen LogP contribution < -0.4 is 17.0 Å². The number of aliphatic hydroxyl groups excluding tert-OH is 2. The first-order chi connectivity index (χ1) is 9.81. The molecule has 1 fully saturated rings. The van der Waals surface area contributed by atoms with Gasteiger partial charge in [0.2, 0.25) is 0 Å². The molecule has 1 aliphatic heterocycles. The van der Waals surface area contributed by atoms with E-state index in [2.05, 4.69) is 11.0 Å². The standard InChI is InChI=1S/C11H13ClN4O5/c1-5(17)7-8(19)11(13,2-3-12)9(21-7)16-10(20)15-6(18)4-14-16/h4-5,7-9,17,19H,13H2,1H3,(H,15,18,20)/t5-,7-,8+,9-,11?/m1/s1. The van der Waals surface area contributed by atoms with Crippen molar-refractivity contribution >= 4 is 11.6 Å². The second-order valence-electron chi connectivity index (χ2n) is 4.67. The second-order valence-corrected chi connectivity index (χ2v) is 4.86. The summed E-state index contributed by atoms with van der Waals surface area (Å²) in [6.07, 6.45) is -4.08. The van der Waals surface area contributed by atoms with Gasteiger partial charge in [0.25, 0.3) is 5.56 Å². The number of aromatic nitrogens is 3. The molecule has 2 rings (SSSR count). The quantitative estimate of drug-likeness (QED) is 0.440. The highest BCUT2D eigenvalue weighted by molar-refractivity contribution is 6.30. The monoisotopic (exact) mass is 316 g/mol. The van der Waals surface area contributed by atoms with Crippen LogP contribution in [0.25, 0.3) is 0 Å². The molecule has 1 unspecified atom stereocenters. The number of halogens is 1. The smallest absolute Gasteiger partial charge is 0.347 e. The van der Waals surface area contributed by atoms with Crippen LogP contribution in [-0.2, 0) is 4.74 Å². The molecule has 1 aliphatic rings. The highest BCUT2D eigenvalue weighted by atomic mass is 35.5. The number of hydrogen-bond acceptors (Lipinski definition) is 7. The Labute approximate surface area is 123 Å². The van der Waals surface area contributed by atoms with E-state index in [4.69, 9.17) is 22.1 Å². The number of nitrogens with two attached hydrogens (primary N) is 1. The molecule has 0 radical (unpaired) electrons. The maximum absolute atomic E-state index is 11.8. The van der Waals surface area contributed by atoms with Gasteiger partial charge in [0.05, 0.1) is 6.10 Å². The Morgan fingerprint density at radius 3 is 2.86 bits per heavy atom. The summed E-state index contributed by atoms with van der Waals surface area (Å²) in [5, 5.41) is 25.5. The van der Waals surface area contributed by atoms with Gasteiger partial charge < -0.3 is 20.7 Å². The zero-order valence-corrected chi connectivity index (χ0v) is 11.6. The Kier molecular flexibility index (Phi) is 4.18. The first-order valence-electron chi connectivity index (χ1n) is 5.92. The van der Waals surface area contributed by atoms with Crippen molar-refractivity contribution in [1.29, 1.82) is 0 Å². The Balaban J connectivity index is 2.56. The van der Waals surface area contributed by atoms with Crippen LogP contribution in [0.15, 0.2) is 15.8 Å². The van der Waals surface area contributed by atoms with Crippen LogP contribution in [0.3, 0.4) is 0 Å². The molecule has 2 heterocycles. The molecule has 114 valence electrons. The van der Waals surface area contributed by atoms with E-state index in [0.29, 0.717) is 0 Å². The lowest BCUT2D eigenvalue weighted by Crippen LogP contribution is -2.56. The first-order valence-corrected chi connectivity index (χ1v) is 6.30.